The van der Waals surface area contributed by atoms with Crippen molar-refractivity contribution in [3.63, 3.8) is 0 Å². The molecule has 1 fully saturated rings. The lowest BCUT2D eigenvalue weighted by Crippen LogP contribution is -2.49. The molecule has 42 heavy (non-hydrogen) atoms. The summed E-state index contributed by atoms with van der Waals surface area (Å²) < 4.78 is 24.8. The minimum Gasteiger partial charge on any atom is -0.496 e. The quantitative estimate of drug-likeness (QED) is 0.244. The molecular weight excluding hydrogens is 556 g/mol. The van der Waals surface area contributed by atoms with Gasteiger partial charge in [-0.2, -0.15) is 5.10 Å². The summed E-state index contributed by atoms with van der Waals surface area (Å²) in [6.07, 6.45) is 3.48. The Balaban J connectivity index is 1.09. The molecule has 0 atom stereocenters. The minimum absolute atomic E-state index is 0.0138. The van der Waals surface area contributed by atoms with E-state index >= 15 is 0 Å². The Bertz CT molecular complexity index is 1920. The highest BCUT2D eigenvalue weighted by Crippen LogP contribution is 2.37. The van der Waals surface area contributed by atoms with Crippen molar-refractivity contribution in [2.24, 2.45) is 0 Å². The van der Waals surface area contributed by atoms with E-state index in [-0.39, 0.29) is 18.6 Å². The third-order valence-corrected chi connectivity index (χ3v) is 8.13. The number of benzene rings is 2. The Labute approximate surface area is 244 Å². The van der Waals surface area contributed by atoms with Gasteiger partial charge in [-0.1, -0.05) is 12.1 Å². The Hall–Kier alpha value is -4.81. The molecular formula is C30H26N6O5S. The molecule has 6 aromatic rings. The molecule has 0 saturated carbocycles. The number of hydrogen-bond donors (Lipinski definition) is 0. The van der Waals surface area contributed by atoms with E-state index in [0.29, 0.717) is 58.8 Å². The van der Waals surface area contributed by atoms with Gasteiger partial charge in [0.05, 0.1) is 49.8 Å². The highest BCUT2D eigenvalue weighted by Gasteiger charge is 2.27. The SMILES string of the molecule is COc1cc(OCc2csc(-c3ccc(C(=O)N(C)C4COC4)cc3)n2)c2cc(-c3cn4nc(C)ncc4n3)oc2c1. The summed E-state index contributed by atoms with van der Waals surface area (Å²) in [6.45, 7) is 3.26. The van der Waals surface area contributed by atoms with Gasteiger partial charge >= 0.3 is 0 Å². The van der Waals surface area contributed by atoms with Crippen LogP contribution in [0, 0.1) is 6.92 Å². The van der Waals surface area contributed by atoms with Crippen LogP contribution in [-0.4, -0.2) is 68.8 Å². The average molecular weight is 583 g/mol. The number of methoxy groups -OCH3 is 1. The number of ether oxygens (including phenoxy) is 3. The summed E-state index contributed by atoms with van der Waals surface area (Å²) in [6, 6.07) is 13.2. The van der Waals surface area contributed by atoms with Crippen molar-refractivity contribution in [1.29, 1.82) is 0 Å². The summed E-state index contributed by atoms with van der Waals surface area (Å²) in [5, 5.41) is 7.97. The highest BCUT2D eigenvalue weighted by molar-refractivity contribution is 7.13. The van der Waals surface area contributed by atoms with Crippen molar-refractivity contribution in [1.82, 2.24) is 29.5 Å². The van der Waals surface area contributed by atoms with E-state index in [0.717, 1.165) is 21.7 Å². The van der Waals surface area contributed by atoms with E-state index in [1.807, 2.05) is 61.8 Å². The summed E-state index contributed by atoms with van der Waals surface area (Å²) in [4.78, 5) is 28.0. The van der Waals surface area contributed by atoms with Gasteiger partial charge in [-0.25, -0.2) is 19.5 Å². The summed E-state index contributed by atoms with van der Waals surface area (Å²) >= 11 is 1.52. The third kappa shape index (κ3) is 4.84. The molecule has 1 aliphatic heterocycles. The lowest BCUT2D eigenvalue weighted by Gasteiger charge is -2.34. The number of thiazole rings is 1. The van der Waals surface area contributed by atoms with Crippen LogP contribution in [0.1, 0.15) is 21.9 Å². The van der Waals surface area contributed by atoms with Gasteiger partial charge in [0.25, 0.3) is 5.91 Å². The van der Waals surface area contributed by atoms with Crippen LogP contribution < -0.4 is 9.47 Å². The molecule has 0 unspecified atom stereocenters. The van der Waals surface area contributed by atoms with Crippen molar-refractivity contribution in [2.75, 3.05) is 27.4 Å². The fraction of sp³-hybridized carbons (Fsp3) is 0.233. The number of fused-ring (bicyclic) bond motifs is 2. The predicted octanol–water partition coefficient (Wildman–Crippen LogP) is 5.03. The van der Waals surface area contributed by atoms with E-state index in [1.165, 1.54) is 11.3 Å². The first-order chi connectivity index (χ1) is 20.4. The highest BCUT2D eigenvalue weighted by atomic mass is 32.1. The van der Waals surface area contributed by atoms with Gasteiger partial charge in [-0.3, -0.25) is 4.79 Å². The maximum absolute atomic E-state index is 12.7. The van der Waals surface area contributed by atoms with Gasteiger partial charge in [0.2, 0.25) is 0 Å². The Morgan fingerprint density at radius 1 is 1.17 bits per heavy atom. The predicted molar refractivity (Wildman–Crippen MR) is 156 cm³/mol. The maximum atomic E-state index is 12.7. The van der Waals surface area contributed by atoms with Crippen LogP contribution in [0.15, 0.2) is 64.7 Å². The standard InChI is InChI=1S/C30H26N6O5S/c1-17-31-11-28-33-24(12-36(28)34-17)27-10-23-25(8-22(38-3)9-26(23)41-27)40-13-20-16-42-29(32-20)18-4-6-19(7-5-18)30(37)35(2)21-14-39-15-21/h4-12,16,21H,13-15H2,1-3H3. The van der Waals surface area contributed by atoms with Gasteiger partial charge in [0, 0.05) is 35.7 Å². The van der Waals surface area contributed by atoms with Crippen molar-refractivity contribution in [2.45, 2.75) is 19.6 Å². The van der Waals surface area contributed by atoms with Gasteiger partial charge in [0.1, 0.15) is 40.2 Å². The van der Waals surface area contributed by atoms with Crippen molar-refractivity contribution in [3.05, 3.63) is 77.3 Å². The van der Waals surface area contributed by atoms with Crippen molar-refractivity contribution in [3.8, 4) is 33.5 Å². The molecule has 0 aliphatic carbocycles. The van der Waals surface area contributed by atoms with Crippen LogP contribution >= 0.6 is 11.3 Å². The van der Waals surface area contributed by atoms with Gasteiger partial charge in [-0.05, 0) is 25.1 Å². The first kappa shape index (κ1) is 26.1. The second-order valence-corrected chi connectivity index (χ2v) is 10.9. The number of hydrogen-bond acceptors (Lipinski definition) is 10. The lowest BCUT2D eigenvalue weighted by molar-refractivity contribution is -0.0467. The zero-order valence-electron chi connectivity index (χ0n) is 23.1. The van der Waals surface area contributed by atoms with Crippen LogP contribution in [0.2, 0.25) is 0 Å². The summed E-state index contributed by atoms with van der Waals surface area (Å²) in [5.41, 5.74) is 4.24. The minimum atomic E-state index is -0.0138. The molecule has 12 heteroatoms. The molecule has 11 nitrogen and oxygen atoms in total. The summed E-state index contributed by atoms with van der Waals surface area (Å²) in [5.74, 6) is 2.43. The monoisotopic (exact) mass is 582 g/mol. The number of nitrogens with zero attached hydrogens (tertiary/aromatic N) is 6. The molecule has 7 rings (SSSR count). The normalized spacial score (nSPS) is 13.4. The molecule has 1 aliphatic rings. The number of aryl methyl sites for hydroxylation is 1. The number of likely N-dealkylation sites (N-methyl/N-ethyl adjacent to an activating group) is 1. The fourth-order valence-corrected chi connectivity index (χ4v) is 5.49. The topological polar surface area (TPSA) is 117 Å². The van der Waals surface area contributed by atoms with Crippen LogP contribution in [0.5, 0.6) is 11.5 Å². The molecule has 0 N–H and O–H groups in total. The second-order valence-electron chi connectivity index (χ2n) is 10.00. The molecule has 1 saturated heterocycles. The van der Waals surface area contributed by atoms with Crippen LogP contribution in [0.25, 0.3) is 38.6 Å². The molecule has 0 bridgehead atoms. The first-order valence-electron chi connectivity index (χ1n) is 13.3. The number of imidazole rings is 1. The van der Waals surface area contributed by atoms with Crippen LogP contribution in [0.3, 0.4) is 0 Å². The zero-order valence-corrected chi connectivity index (χ0v) is 23.9. The van der Waals surface area contributed by atoms with E-state index in [4.69, 9.17) is 23.6 Å². The van der Waals surface area contributed by atoms with Gasteiger partial charge in [-0.15, -0.1) is 11.3 Å². The average Bonchev–Trinajstić information content (AvgIpc) is 3.72. The molecule has 1 amide bonds. The smallest absolute Gasteiger partial charge is 0.254 e. The van der Waals surface area contributed by atoms with E-state index in [2.05, 4.69) is 15.1 Å². The van der Waals surface area contributed by atoms with Crippen LogP contribution in [0.4, 0.5) is 0 Å². The van der Waals surface area contributed by atoms with E-state index in [9.17, 15) is 4.79 Å². The van der Waals surface area contributed by atoms with E-state index < -0.39 is 0 Å². The van der Waals surface area contributed by atoms with Gasteiger partial charge in [0.15, 0.2) is 11.4 Å². The van der Waals surface area contributed by atoms with E-state index in [1.54, 1.807) is 28.9 Å². The summed E-state index contributed by atoms with van der Waals surface area (Å²) in [7, 11) is 3.41. The first-order valence-corrected chi connectivity index (χ1v) is 14.2. The number of aromatic nitrogens is 5. The Morgan fingerprint density at radius 3 is 2.76 bits per heavy atom. The second kappa shape index (κ2) is 10.5. The molecule has 212 valence electrons. The number of rotatable bonds is 8. The molecule has 0 spiro atoms. The van der Waals surface area contributed by atoms with Gasteiger partial charge < -0.3 is 23.5 Å². The zero-order chi connectivity index (χ0) is 28.8. The van der Waals surface area contributed by atoms with Crippen molar-refractivity contribution >= 4 is 33.9 Å². The number of carbonyl (C=O) groups is 1. The Kier molecular flexibility index (Phi) is 6.56. The molecule has 4 aromatic heterocycles. The van der Waals surface area contributed by atoms with Crippen molar-refractivity contribution < 1.29 is 23.4 Å². The fourth-order valence-electron chi connectivity index (χ4n) is 4.68. The number of carbonyl (C=O) groups excluding carboxylic acids is 1. The Morgan fingerprint density at radius 2 is 2.00 bits per heavy atom. The van der Waals surface area contributed by atoms with Crippen LogP contribution in [-0.2, 0) is 11.3 Å². The number of amides is 1. The number of furan rings is 1. The third-order valence-electron chi connectivity index (χ3n) is 7.19. The largest absolute Gasteiger partial charge is 0.496 e. The lowest BCUT2D eigenvalue weighted by atomic mass is 10.1. The molecule has 5 heterocycles. The molecule has 2 aromatic carbocycles. The maximum Gasteiger partial charge on any atom is 0.254 e. The molecule has 0 radical (unpaired) electrons.